The first-order valence-corrected chi connectivity index (χ1v) is 8.48. The summed E-state index contributed by atoms with van der Waals surface area (Å²) in [4.78, 5) is 15.7. The van der Waals surface area contributed by atoms with Crippen molar-refractivity contribution in [3.63, 3.8) is 0 Å². The summed E-state index contributed by atoms with van der Waals surface area (Å²) in [5.74, 6) is 0.977. The van der Waals surface area contributed by atoms with Crippen LogP contribution in [0.3, 0.4) is 0 Å². The Kier molecular flexibility index (Phi) is 4.19. The largest absolute Gasteiger partial charge is 0.396 e. The van der Waals surface area contributed by atoms with E-state index < -0.39 is 0 Å². The maximum absolute atomic E-state index is 11.0. The molecule has 20 heavy (non-hydrogen) atoms. The highest BCUT2D eigenvalue weighted by Crippen LogP contribution is 2.39. The van der Waals surface area contributed by atoms with Crippen LogP contribution >= 0.6 is 27.3 Å². The Morgan fingerprint density at radius 3 is 2.75 bits per heavy atom. The zero-order chi connectivity index (χ0) is 14.1. The average molecular weight is 354 g/mol. The van der Waals surface area contributed by atoms with Gasteiger partial charge in [-0.2, -0.15) is 0 Å². The van der Waals surface area contributed by atoms with Gasteiger partial charge in [0.25, 0.3) is 0 Å². The fourth-order valence-corrected chi connectivity index (χ4v) is 4.59. The molecule has 0 unspecified atom stereocenters. The second-order valence-corrected chi connectivity index (χ2v) is 7.33. The zero-order valence-electron chi connectivity index (χ0n) is 11.0. The summed E-state index contributed by atoms with van der Waals surface area (Å²) in [6, 6.07) is 3.84. The van der Waals surface area contributed by atoms with Crippen LogP contribution in [0.15, 0.2) is 16.6 Å². The van der Waals surface area contributed by atoms with Gasteiger partial charge in [-0.3, -0.25) is 4.79 Å². The van der Waals surface area contributed by atoms with Crippen molar-refractivity contribution < 1.29 is 9.90 Å². The first kappa shape index (κ1) is 14.2. The highest BCUT2D eigenvalue weighted by molar-refractivity contribution is 9.10. The molecule has 0 bridgehead atoms. The number of benzene rings is 1. The number of halogens is 1. The number of aliphatic hydroxyl groups excluding tert-OH is 1. The van der Waals surface area contributed by atoms with Gasteiger partial charge in [0.1, 0.15) is 0 Å². The molecule has 1 aliphatic rings. The van der Waals surface area contributed by atoms with Crippen molar-refractivity contribution in [1.29, 1.82) is 0 Å². The van der Waals surface area contributed by atoms with Gasteiger partial charge >= 0.3 is 0 Å². The molecule has 1 saturated carbocycles. The summed E-state index contributed by atoms with van der Waals surface area (Å²) in [6.07, 6.45) is 5.23. The van der Waals surface area contributed by atoms with Gasteiger partial charge in [-0.25, -0.2) is 4.98 Å². The lowest BCUT2D eigenvalue weighted by molar-refractivity contribution is 0.112. The predicted octanol–water partition coefficient (Wildman–Crippen LogP) is 4.14. The van der Waals surface area contributed by atoms with Crippen LogP contribution in [0.4, 0.5) is 0 Å². The van der Waals surface area contributed by atoms with Gasteiger partial charge in [0, 0.05) is 22.6 Å². The minimum atomic E-state index is 0.308. The number of aldehydes is 1. The predicted molar refractivity (Wildman–Crippen MR) is 84.5 cm³/mol. The Labute approximate surface area is 130 Å². The molecule has 1 N–H and O–H groups in total. The third kappa shape index (κ3) is 2.67. The van der Waals surface area contributed by atoms with E-state index in [0.29, 0.717) is 24.0 Å². The molecule has 0 spiro atoms. The van der Waals surface area contributed by atoms with Crippen molar-refractivity contribution in [3.05, 3.63) is 27.2 Å². The molecular weight excluding hydrogens is 338 g/mol. The quantitative estimate of drug-likeness (QED) is 0.843. The van der Waals surface area contributed by atoms with Crippen LogP contribution in [0.25, 0.3) is 10.2 Å². The molecule has 0 saturated heterocycles. The molecule has 1 aliphatic carbocycles. The maximum atomic E-state index is 11.0. The maximum Gasteiger partial charge on any atom is 0.151 e. The van der Waals surface area contributed by atoms with E-state index in [1.54, 1.807) is 11.3 Å². The summed E-state index contributed by atoms with van der Waals surface area (Å²) < 4.78 is 1.96. The summed E-state index contributed by atoms with van der Waals surface area (Å²) in [5.41, 5.74) is 1.57. The van der Waals surface area contributed by atoms with Crippen LogP contribution in [0.5, 0.6) is 0 Å². The first-order valence-electron chi connectivity index (χ1n) is 6.87. The summed E-state index contributed by atoms with van der Waals surface area (Å²) in [5, 5.41) is 10.4. The van der Waals surface area contributed by atoms with Crippen LogP contribution in [0, 0.1) is 5.92 Å². The number of hydrogen-bond donors (Lipinski definition) is 1. The van der Waals surface area contributed by atoms with Crippen LogP contribution < -0.4 is 0 Å². The molecular formula is C15H16BrNO2S. The van der Waals surface area contributed by atoms with Crippen molar-refractivity contribution >= 4 is 43.8 Å². The monoisotopic (exact) mass is 353 g/mol. The third-order valence-electron chi connectivity index (χ3n) is 4.10. The van der Waals surface area contributed by atoms with Crippen molar-refractivity contribution in [2.45, 2.75) is 31.6 Å². The second-order valence-electron chi connectivity index (χ2n) is 5.41. The highest BCUT2D eigenvalue weighted by Gasteiger charge is 2.24. The van der Waals surface area contributed by atoms with Crippen LogP contribution in [0.1, 0.15) is 47.0 Å². The van der Waals surface area contributed by atoms with Crippen molar-refractivity contribution in [2.75, 3.05) is 6.61 Å². The highest BCUT2D eigenvalue weighted by atomic mass is 79.9. The smallest absolute Gasteiger partial charge is 0.151 e. The Hall–Kier alpha value is -0.780. The van der Waals surface area contributed by atoms with Crippen molar-refractivity contribution in [2.24, 2.45) is 5.92 Å². The molecule has 0 aliphatic heterocycles. The lowest BCUT2D eigenvalue weighted by Gasteiger charge is -2.25. The van der Waals surface area contributed by atoms with E-state index in [2.05, 4.69) is 15.9 Å². The number of carbonyl (C=O) groups excluding carboxylic acids is 1. The molecule has 1 fully saturated rings. The van der Waals surface area contributed by atoms with Crippen molar-refractivity contribution in [3.8, 4) is 0 Å². The second kappa shape index (κ2) is 5.92. The van der Waals surface area contributed by atoms with Gasteiger partial charge in [0.05, 0.1) is 15.2 Å². The van der Waals surface area contributed by atoms with E-state index in [4.69, 9.17) is 4.98 Å². The third-order valence-corrected chi connectivity index (χ3v) is 5.97. The molecule has 1 aromatic carbocycles. The fourth-order valence-electron chi connectivity index (χ4n) is 2.84. The number of rotatable bonds is 3. The minimum Gasteiger partial charge on any atom is -0.396 e. The van der Waals surface area contributed by atoms with Gasteiger partial charge in [0.2, 0.25) is 0 Å². The molecule has 0 radical (unpaired) electrons. The minimum absolute atomic E-state index is 0.308. The molecule has 0 amide bonds. The Morgan fingerprint density at radius 2 is 2.10 bits per heavy atom. The molecule has 1 aromatic heterocycles. The summed E-state index contributed by atoms with van der Waals surface area (Å²) in [7, 11) is 0. The van der Waals surface area contributed by atoms with Gasteiger partial charge < -0.3 is 5.11 Å². The van der Waals surface area contributed by atoms with Gasteiger partial charge in [0.15, 0.2) is 6.29 Å². The fraction of sp³-hybridized carbons (Fsp3) is 0.467. The molecule has 0 atom stereocenters. The van der Waals surface area contributed by atoms with E-state index in [1.165, 1.54) is 5.01 Å². The van der Waals surface area contributed by atoms with E-state index >= 15 is 0 Å². The van der Waals surface area contributed by atoms with Crippen molar-refractivity contribution in [1.82, 2.24) is 4.98 Å². The molecule has 2 aromatic rings. The molecule has 5 heteroatoms. The number of fused-ring (bicyclic) bond motifs is 1. The summed E-state index contributed by atoms with van der Waals surface area (Å²) in [6.45, 7) is 0.308. The molecule has 1 heterocycles. The summed E-state index contributed by atoms with van der Waals surface area (Å²) >= 11 is 5.15. The lowest BCUT2D eigenvalue weighted by Crippen LogP contribution is -2.15. The van der Waals surface area contributed by atoms with Gasteiger partial charge in [-0.15, -0.1) is 11.3 Å². The average Bonchev–Trinajstić information content (AvgIpc) is 2.89. The molecule has 3 rings (SSSR count). The Bertz CT molecular complexity index is 632. The van der Waals surface area contributed by atoms with E-state index in [-0.39, 0.29) is 0 Å². The zero-order valence-corrected chi connectivity index (χ0v) is 13.4. The van der Waals surface area contributed by atoms with Crippen LogP contribution in [-0.4, -0.2) is 23.0 Å². The number of thiazole rings is 1. The van der Waals surface area contributed by atoms with Crippen LogP contribution in [0.2, 0.25) is 0 Å². The molecule has 106 valence electrons. The van der Waals surface area contributed by atoms with E-state index in [1.807, 2.05) is 12.1 Å². The molecule has 3 nitrogen and oxygen atoms in total. The standard InChI is InChI=1S/C15H16BrNO2S/c16-12-6-14-13(5-11(12)8-19)17-15(20-14)10-3-1-9(7-18)2-4-10/h5-6,8-10,18H,1-4,7H2. The number of carbonyl (C=O) groups is 1. The van der Waals surface area contributed by atoms with Gasteiger partial charge in [-0.1, -0.05) is 15.9 Å². The SMILES string of the molecule is O=Cc1cc2nc(C3CCC(CO)CC3)sc2cc1Br. The lowest BCUT2D eigenvalue weighted by atomic mass is 9.83. The first-order chi connectivity index (χ1) is 9.71. The van der Waals surface area contributed by atoms with Crippen LogP contribution in [-0.2, 0) is 0 Å². The van der Waals surface area contributed by atoms with E-state index in [9.17, 15) is 9.90 Å². The normalized spacial score (nSPS) is 23.1. The number of aliphatic hydroxyl groups is 1. The topological polar surface area (TPSA) is 50.2 Å². The number of hydrogen-bond acceptors (Lipinski definition) is 4. The van der Waals surface area contributed by atoms with Gasteiger partial charge in [-0.05, 0) is 43.7 Å². The number of nitrogens with zero attached hydrogens (tertiary/aromatic N) is 1. The Morgan fingerprint density at radius 1 is 1.35 bits per heavy atom. The number of aromatic nitrogens is 1. The Balaban J connectivity index is 1.88. The van der Waals surface area contributed by atoms with E-state index in [0.717, 1.165) is 46.7 Å².